The Kier molecular flexibility index (Phi) is 7.06. The minimum absolute atomic E-state index is 0. The highest BCUT2D eigenvalue weighted by Gasteiger charge is 2.29. The summed E-state index contributed by atoms with van der Waals surface area (Å²) in [7, 11) is 0. The first-order valence-electron chi connectivity index (χ1n) is 8.21. The fourth-order valence-corrected chi connectivity index (χ4v) is 3.46. The van der Waals surface area contributed by atoms with Crippen LogP contribution in [0.25, 0.3) is 11.0 Å². The molecular formula is C18H20Cl3N5O. The van der Waals surface area contributed by atoms with E-state index >= 15 is 0 Å². The first kappa shape index (κ1) is 21.4. The van der Waals surface area contributed by atoms with E-state index < -0.39 is 0 Å². The number of H-pyrrole nitrogens is 1. The molecule has 0 aliphatic carbocycles. The molecule has 3 heterocycles. The molecule has 1 aromatic carbocycles. The van der Waals surface area contributed by atoms with E-state index in [2.05, 4.69) is 20.5 Å². The summed E-state index contributed by atoms with van der Waals surface area (Å²) in [6.07, 6.45) is 1.60. The zero-order chi connectivity index (χ0) is 17.4. The maximum absolute atomic E-state index is 13.1. The van der Waals surface area contributed by atoms with Gasteiger partial charge >= 0.3 is 0 Å². The van der Waals surface area contributed by atoms with Gasteiger partial charge in [-0.3, -0.25) is 9.89 Å². The predicted octanol–water partition coefficient (Wildman–Crippen LogP) is 3.55. The SMILES string of the molecule is Cc1[nH]nc2ncc(C(=O)N3CCNCC3c3cccc(Cl)c3)cc12.Cl.Cl. The summed E-state index contributed by atoms with van der Waals surface area (Å²) in [5, 5.41) is 11.9. The van der Waals surface area contributed by atoms with Crippen molar-refractivity contribution in [1.82, 2.24) is 25.4 Å². The van der Waals surface area contributed by atoms with E-state index in [0.29, 0.717) is 29.3 Å². The number of piperazine rings is 1. The number of fused-ring (bicyclic) bond motifs is 1. The Morgan fingerprint density at radius 2 is 2.11 bits per heavy atom. The van der Waals surface area contributed by atoms with Crippen molar-refractivity contribution in [3.63, 3.8) is 0 Å². The van der Waals surface area contributed by atoms with Gasteiger partial charge in [0.2, 0.25) is 0 Å². The fraction of sp³-hybridized carbons (Fsp3) is 0.278. The monoisotopic (exact) mass is 427 g/mol. The number of hydrogen-bond acceptors (Lipinski definition) is 4. The van der Waals surface area contributed by atoms with Crippen LogP contribution in [-0.4, -0.2) is 45.6 Å². The van der Waals surface area contributed by atoms with E-state index in [0.717, 1.165) is 23.2 Å². The molecule has 1 atom stereocenters. The number of carbonyl (C=O) groups is 1. The van der Waals surface area contributed by atoms with Gasteiger partial charge in [0.15, 0.2) is 5.65 Å². The maximum Gasteiger partial charge on any atom is 0.256 e. The number of halogens is 3. The fourth-order valence-electron chi connectivity index (χ4n) is 3.26. The number of nitrogens with zero attached hydrogens (tertiary/aromatic N) is 3. The summed E-state index contributed by atoms with van der Waals surface area (Å²) in [5.74, 6) is -0.0264. The first-order valence-corrected chi connectivity index (χ1v) is 8.59. The van der Waals surface area contributed by atoms with Crippen LogP contribution in [0, 0.1) is 6.92 Å². The van der Waals surface area contributed by atoms with E-state index in [1.165, 1.54) is 0 Å². The van der Waals surface area contributed by atoms with E-state index in [1.807, 2.05) is 42.2 Å². The molecule has 1 saturated heterocycles. The van der Waals surface area contributed by atoms with Crippen LogP contribution < -0.4 is 5.32 Å². The van der Waals surface area contributed by atoms with Crippen LogP contribution in [0.15, 0.2) is 36.5 Å². The number of nitrogens with one attached hydrogen (secondary N) is 2. The average molecular weight is 429 g/mol. The van der Waals surface area contributed by atoms with Gasteiger partial charge in [0.05, 0.1) is 11.6 Å². The summed E-state index contributed by atoms with van der Waals surface area (Å²) in [6.45, 7) is 4.03. The van der Waals surface area contributed by atoms with Crippen molar-refractivity contribution in [3.8, 4) is 0 Å². The third-order valence-corrected chi connectivity index (χ3v) is 4.82. The molecule has 3 aromatic rings. The van der Waals surface area contributed by atoms with Crippen LogP contribution in [-0.2, 0) is 0 Å². The molecule has 1 unspecified atom stereocenters. The number of aryl methyl sites for hydroxylation is 1. The van der Waals surface area contributed by atoms with E-state index in [1.54, 1.807) is 6.20 Å². The molecule has 27 heavy (non-hydrogen) atoms. The minimum Gasteiger partial charge on any atom is -0.329 e. The summed E-state index contributed by atoms with van der Waals surface area (Å²) in [4.78, 5) is 19.3. The maximum atomic E-state index is 13.1. The number of benzene rings is 1. The van der Waals surface area contributed by atoms with Gasteiger partial charge in [0, 0.05) is 41.9 Å². The molecule has 1 aliphatic heterocycles. The highest BCUT2D eigenvalue weighted by molar-refractivity contribution is 6.30. The lowest BCUT2D eigenvalue weighted by atomic mass is 10.0. The van der Waals surface area contributed by atoms with Crippen LogP contribution in [0.1, 0.15) is 27.7 Å². The van der Waals surface area contributed by atoms with Gasteiger partial charge < -0.3 is 10.2 Å². The zero-order valence-corrected chi connectivity index (χ0v) is 17.0. The summed E-state index contributed by atoms with van der Waals surface area (Å²) in [5.41, 5.74) is 3.14. The van der Waals surface area contributed by atoms with Crippen molar-refractivity contribution in [3.05, 3.63) is 58.4 Å². The molecule has 1 aliphatic rings. The second-order valence-corrected chi connectivity index (χ2v) is 6.65. The van der Waals surface area contributed by atoms with Gasteiger partial charge in [-0.15, -0.1) is 24.8 Å². The van der Waals surface area contributed by atoms with Crippen molar-refractivity contribution in [2.75, 3.05) is 19.6 Å². The molecule has 2 N–H and O–H groups in total. The number of pyridine rings is 1. The molecule has 9 heteroatoms. The Morgan fingerprint density at radius 1 is 1.30 bits per heavy atom. The normalized spacial score (nSPS) is 16.5. The van der Waals surface area contributed by atoms with Crippen LogP contribution in [0.4, 0.5) is 0 Å². The molecule has 6 nitrogen and oxygen atoms in total. The largest absolute Gasteiger partial charge is 0.329 e. The van der Waals surface area contributed by atoms with Crippen LogP contribution >= 0.6 is 36.4 Å². The predicted molar refractivity (Wildman–Crippen MR) is 111 cm³/mol. The Balaban J connectivity index is 0.00000131. The van der Waals surface area contributed by atoms with Gasteiger partial charge in [-0.05, 0) is 30.7 Å². The van der Waals surface area contributed by atoms with Gasteiger partial charge in [-0.25, -0.2) is 4.98 Å². The van der Waals surface area contributed by atoms with Crippen molar-refractivity contribution in [2.45, 2.75) is 13.0 Å². The van der Waals surface area contributed by atoms with Gasteiger partial charge in [0.1, 0.15) is 0 Å². The van der Waals surface area contributed by atoms with Crippen LogP contribution in [0.3, 0.4) is 0 Å². The number of rotatable bonds is 2. The molecule has 144 valence electrons. The van der Waals surface area contributed by atoms with Gasteiger partial charge in [-0.1, -0.05) is 23.7 Å². The smallest absolute Gasteiger partial charge is 0.256 e. The lowest BCUT2D eigenvalue weighted by Gasteiger charge is -2.36. The molecule has 2 aromatic heterocycles. The molecule has 1 fully saturated rings. The van der Waals surface area contributed by atoms with E-state index in [4.69, 9.17) is 11.6 Å². The van der Waals surface area contributed by atoms with Gasteiger partial charge in [-0.2, -0.15) is 5.10 Å². The zero-order valence-electron chi connectivity index (χ0n) is 14.6. The van der Waals surface area contributed by atoms with Crippen molar-refractivity contribution >= 4 is 53.4 Å². The first-order chi connectivity index (χ1) is 12.1. The third-order valence-electron chi connectivity index (χ3n) is 4.58. The Morgan fingerprint density at radius 3 is 2.89 bits per heavy atom. The van der Waals surface area contributed by atoms with Crippen LogP contribution in [0.2, 0.25) is 5.02 Å². The quantitative estimate of drug-likeness (QED) is 0.654. The van der Waals surface area contributed by atoms with Crippen molar-refractivity contribution < 1.29 is 4.79 Å². The number of hydrogen-bond donors (Lipinski definition) is 2. The van der Waals surface area contributed by atoms with Crippen LogP contribution in [0.5, 0.6) is 0 Å². The number of carbonyl (C=O) groups excluding carboxylic acids is 1. The highest BCUT2D eigenvalue weighted by Crippen LogP contribution is 2.27. The Hall–Kier alpha value is -1.86. The average Bonchev–Trinajstić information content (AvgIpc) is 3.01. The number of amides is 1. The Bertz CT molecular complexity index is 946. The lowest BCUT2D eigenvalue weighted by molar-refractivity contribution is 0.0634. The van der Waals surface area contributed by atoms with E-state index in [9.17, 15) is 4.79 Å². The second-order valence-electron chi connectivity index (χ2n) is 6.22. The molecule has 4 rings (SSSR count). The second kappa shape index (κ2) is 8.89. The molecule has 0 radical (unpaired) electrons. The highest BCUT2D eigenvalue weighted by atomic mass is 35.5. The minimum atomic E-state index is -0.0545. The molecule has 0 saturated carbocycles. The molecule has 0 bridgehead atoms. The van der Waals surface area contributed by atoms with Crippen molar-refractivity contribution in [2.24, 2.45) is 0 Å². The molecular weight excluding hydrogens is 409 g/mol. The Labute approximate surface area is 174 Å². The lowest BCUT2D eigenvalue weighted by Crippen LogP contribution is -2.48. The standard InChI is InChI=1S/C18H18ClN5O.2ClH/c1-11-15-8-13(9-21-17(15)23-22-11)18(25)24-6-5-20-10-16(24)12-3-2-4-14(19)7-12;;/h2-4,7-9,16,20H,5-6,10H2,1H3,(H,21,22,23);2*1H. The summed E-state index contributed by atoms with van der Waals surface area (Å²) >= 11 is 6.13. The summed E-state index contributed by atoms with van der Waals surface area (Å²) < 4.78 is 0. The topological polar surface area (TPSA) is 73.9 Å². The molecule has 1 amide bonds. The summed E-state index contributed by atoms with van der Waals surface area (Å²) in [6, 6.07) is 9.48. The third kappa shape index (κ3) is 4.19. The van der Waals surface area contributed by atoms with Gasteiger partial charge in [0.25, 0.3) is 5.91 Å². The number of aromatic amines is 1. The number of aromatic nitrogens is 3. The van der Waals surface area contributed by atoms with Crippen molar-refractivity contribution in [1.29, 1.82) is 0 Å². The molecule has 0 spiro atoms. The van der Waals surface area contributed by atoms with E-state index in [-0.39, 0.29) is 36.8 Å².